The summed E-state index contributed by atoms with van der Waals surface area (Å²) in [6.07, 6.45) is 0.744. The van der Waals surface area contributed by atoms with Gasteiger partial charge >= 0.3 is 0 Å². The maximum atomic E-state index is 11.3. The monoisotopic (exact) mass is 281 g/mol. The molecule has 0 N–H and O–H groups in total. The van der Waals surface area contributed by atoms with Crippen LogP contribution in [-0.4, -0.2) is 26.9 Å². The molecule has 0 aromatic heterocycles. The van der Waals surface area contributed by atoms with Crippen molar-refractivity contribution in [3.63, 3.8) is 0 Å². The minimum atomic E-state index is -3.61. The van der Waals surface area contributed by atoms with Crippen LogP contribution in [0.1, 0.15) is 11.1 Å². The van der Waals surface area contributed by atoms with Gasteiger partial charge in [0.1, 0.15) is 0 Å². The summed E-state index contributed by atoms with van der Waals surface area (Å²) in [6, 6.07) is 5.27. The van der Waals surface area contributed by atoms with Gasteiger partial charge in [0.05, 0.1) is 4.90 Å². The van der Waals surface area contributed by atoms with E-state index < -0.39 is 9.05 Å². The van der Waals surface area contributed by atoms with Gasteiger partial charge in [-0.15, -0.1) is 12.4 Å². The molecule has 1 aliphatic rings. The van der Waals surface area contributed by atoms with Crippen LogP contribution in [-0.2, 0) is 22.0 Å². The third-order valence-electron chi connectivity index (χ3n) is 2.68. The summed E-state index contributed by atoms with van der Waals surface area (Å²) in [4.78, 5) is 2.43. The van der Waals surface area contributed by atoms with E-state index in [1.807, 2.05) is 13.1 Å². The Kier molecular flexibility index (Phi) is 4.23. The molecule has 0 aliphatic carbocycles. The summed E-state index contributed by atoms with van der Waals surface area (Å²) in [7, 11) is 3.80. The van der Waals surface area contributed by atoms with Crippen molar-refractivity contribution in [1.29, 1.82) is 0 Å². The van der Waals surface area contributed by atoms with Crippen molar-refractivity contribution in [1.82, 2.24) is 4.90 Å². The molecule has 0 bridgehead atoms. The van der Waals surface area contributed by atoms with Crippen LogP contribution in [0, 0.1) is 0 Å². The Bertz CT molecular complexity index is 488. The van der Waals surface area contributed by atoms with Gasteiger partial charge in [-0.3, -0.25) is 0 Å². The highest BCUT2D eigenvalue weighted by atomic mass is 35.7. The third kappa shape index (κ3) is 2.69. The smallest absolute Gasteiger partial charge is 0.261 e. The molecule has 0 spiro atoms. The lowest BCUT2D eigenvalue weighted by Gasteiger charge is -2.25. The van der Waals surface area contributed by atoms with Crippen LogP contribution in [0.2, 0.25) is 0 Å². The number of halogens is 2. The third-order valence-corrected chi connectivity index (χ3v) is 4.08. The highest BCUT2D eigenvalue weighted by Gasteiger charge is 2.21. The zero-order valence-corrected chi connectivity index (χ0v) is 11.2. The SMILES string of the molecule is CN1CCc2c(cccc2S(=O)(=O)Cl)C1.Cl. The predicted molar refractivity (Wildman–Crippen MR) is 66.8 cm³/mol. The minimum absolute atomic E-state index is 0. The van der Waals surface area contributed by atoms with Crippen LogP contribution in [0.5, 0.6) is 0 Å². The number of rotatable bonds is 1. The molecule has 2 rings (SSSR count). The van der Waals surface area contributed by atoms with Crippen LogP contribution in [0.25, 0.3) is 0 Å². The van der Waals surface area contributed by atoms with Crippen LogP contribution >= 0.6 is 23.1 Å². The fourth-order valence-electron chi connectivity index (χ4n) is 1.94. The first kappa shape index (κ1) is 13.8. The van der Waals surface area contributed by atoms with Crippen LogP contribution in [0.15, 0.2) is 23.1 Å². The molecule has 0 atom stereocenters. The number of likely N-dealkylation sites (N-methyl/N-ethyl adjacent to an activating group) is 1. The van der Waals surface area contributed by atoms with Crippen molar-refractivity contribution in [3.05, 3.63) is 29.3 Å². The lowest BCUT2D eigenvalue weighted by atomic mass is 10.0. The maximum absolute atomic E-state index is 11.3. The molecule has 0 fully saturated rings. The van der Waals surface area contributed by atoms with Gasteiger partial charge in [-0.2, -0.15) is 0 Å². The lowest BCUT2D eigenvalue weighted by molar-refractivity contribution is 0.311. The molecule has 6 heteroatoms. The number of hydrogen-bond acceptors (Lipinski definition) is 3. The summed E-state index contributed by atoms with van der Waals surface area (Å²) in [5.74, 6) is 0. The van der Waals surface area contributed by atoms with E-state index >= 15 is 0 Å². The normalized spacial score (nSPS) is 16.4. The average molecular weight is 282 g/mol. The second-order valence-electron chi connectivity index (χ2n) is 3.82. The fourth-order valence-corrected chi connectivity index (χ4v) is 3.15. The van der Waals surface area contributed by atoms with Gasteiger partial charge in [-0.1, -0.05) is 12.1 Å². The Morgan fingerprint density at radius 1 is 1.38 bits per heavy atom. The standard InChI is InChI=1S/C10H12ClNO2S.ClH/c1-12-6-5-9-8(7-12)3-2-4-10(9)15(11,13)14;/h2-4H,5-7H2,1H3;1H. The highest BCUT2D eigenvalue weighted by molar-refractivity contribution is 8.13. The number of benzene rings is 1. The van der Waals surface area contributed by atoms with Gasteiger partial charge in [0.25, 0.3) is 9.05 Å². The molecular formula is C10H13Cl2NO2S. The van der Waals surface area contributed by atoms with Crippen LogP contribution < -0.4 is 0 Å². The summed E-state index contributed by atoms with van der Waals surface area (Å²) < 4.78 is 22.7. The number of hydrogen-bond donors (Lipinski definition) is 0. The fraction of sp³-hybridized carbons (Fsp3) is 0.400. The Morgan fingerprint density at radius 3 is 2.69 bits per heavy atom. The molecule has 0 saturated carbocycles. The van der Waals surface area contributed by atoms with Gasteiger partial charge in [0.2, 0.25) is 0 Å². The molecule has 1 heterocycles. The van der Waals surface area contributed by atoms with E-state index in [1.54, 1.807) is 12.1 Å². The van der Waals surface area contributed by atoms with Crippen molar-refractivity contribution in [2.45, 2.75) is 17.9 Å². The minimum Gasteiger partial charge on any atom is -0.302 e. The lowest BCUT2D eigenvalue weighted by Crippen LogP contribution is -2.27. The molecule has 90 valence electrons. The Labute approximate surface area is 106 Å². The van der Waals surface area contributed by atoms with E-state index in [2.05, 4.69) is 4.90 Å². The summed E-state index contributed by atoms with van der Waals surface area (Å²) in [5, 5.41) is 0. The summed E-state index contributed by atoms with van der Waals surface area (Å²) in [5.41, 5.74) is 1.94. The molecule has 0 saturated heterocycles. The van der Waals surface area contributed by atoms with Crippen LogP contribution in [0.3, 0.4) is 0 Å². The van der Waals surface area contributed by atoms with E-state index in [-0.39, 0.29) is 17.3 Å². The molecule has 3 nitrogen and oxygen atoms in total. The number of fused-ring (bicyclic) bond motifs is 1. The molecule has 1 aliphatic heterocycles. The molecule has 0 unspecified atom stereocenters. The van der Waals surface area contributed by atoms with Gasteiger partial charge < -0.3 is 4.90 Å². The Morgan fingerprint density at radius 2 is 2.06 bits per heavy atom. The average Bonchev–Trinajstić information content (AvgIpc) is 2.15. The van der Waals surface area contributed by atoms with Crippen LogP contribution in [0.4, 0.5) is 0 Å². The molecule has 1 aromatic carbocycles. The van der Waals surface area contributed by atoms with E-state index in [9.17, 15) is 8.42 Å². The van der Waals surface area contributed by atoms with Crippen molar-refractivity contribution < 1.29 is 8.42 Å². The van der Waals surface area contributed by atoms with E-state index in [0.717, 1.165) is 30.6 Å². The second kappa shape index (κ2) is 4.92. The first-order valence-corrected chi connectivity index (χ1v) is 7.03. The van der Waals surface area contributed by atoms with E-state index in [0.29, 0.717) is 0 Å². The first-order valence-electron chi connectivity index (χ1n) is 4.72. The molecule has 1 aromatic rings. The Hall–Kier alpha value is -0.290. The second-order valence-corrected chi connectivity index (χ2v) is 6.35. The van der Waals surface area contributed by atoms with Gasteiger partial charge in [-0.05, 0) is 30.7 Å². The predicted octanol–water partition coefficient (Wildman–Crippen LogP) is 2.02. The topological polar surface area (TPSA) is 37.4 Å². The zero-order chi connectivity index (χ0) is 11.1. The first-order chi connectivity index (χ1) is 6.98. The zero-order valence-electron chi connectivity index (χ0n) is 8.81. The van der Waals surface area contributed by atoms with E-state index in [1.165, 1.54) is 0 Å². The van der Waals surface area contributed by atoms with Gasteiger partial charge in [0.15, 0.2) is 0 Å². The van der Waals surface area contributed by atoms with Crippen molar-refractivity contribution in [2.75, 3.05) is 13.6 Å². The van der Waals surface area contributed by atoms with Crippen molar-refractivity contribution in [2.24, 2.45) is 0 Å². The van der Waals surface area contributed by atoms with Crippen molar-refractivity contribution >= 4 is 32.1 Å². The van der Waals surface area contributed by atoms with Crippen molar-refractivity contribution in [3.8, 4) is 0 Å². The largest absolute Gasteiger partial charge is 0.302 e. The molecule has 0 radical (unpaired) electrons. The van der Waals surface area contributed by atoms with Gasteiger partial charge in [0, 0.05) is 23.8 Å². The maximum Gasteiger partial charge on any atom is 0.261 e. The quantitative estimate of drug-likeness (QED) is 0.740. The Balaban J connectivity index is 0.00000128. The summed E-state index contributed by atoms with van der Waals surface area (Å²) in [6.45, 7) is 1.66. The molecule has 0 amide bonds. The number of nitrogens with zero attached hydrogens (tertiary/aromatic N) is 1. The molecule has 16 heavy (non-hydrogen) atoms. The highest BCUT2D eigenvalue weighted by Crippen LogP contribution is 2.27. The van der Waals surface area contributed by atoms with Gasteiger partial charge in [-0.25, -0.2) is 8.42 Å². The summed E-state index contributed by atoms with van der Waals surface area (Å²) >= 11 is 0. The van der Waals surface area contributed by atoms with E-state index in [4.69, 9.17) is 10.7 Å². The molecular weight excluding hydrogens is 269 g/mol.